The summed E-state index contributed by atoms with van der Waals surface area (Å²) in [5.41, 5.74) is 0.525. The number of rotatable bonds is 7. The molecule has 1 saturated heterocycles. The fourth-order valence-electron chi connectivity index (χ4n) is 3.28. The number of esters is 1. The Bertz CT molecular complexity index is 872. The van der Waals surface area contributed by atoms with E-state index in [0.29, 0.717) is 44.0 Å². The van der Waals surface area contributed by atoms with E-state index in [-0.39, 0.29) is 17.6 Å². The maximum atomic E-state index is 12.5. The van der Waals surface area contributed by atoms with E-state index in [1.165, 1.54) is 13.2 Å². The molecule has 0 radical (unpaired) electrons. The van der Waals surface area contributed by atoms with Crippen molar-refractivity contribution in [3.63, 3.8) is 0 Å². The van der Waals surface area contributed by atoms with Gasteiger partial charge >= 0.3 is 5.97 Å². The highest BCUT2D eigenvalue weighted by atomic mass is 16.5. The number of ether oxygens (including phenoxy) is 2. The third kappa shape index (κ3) is 5.20. The molecule has 1 aliphatic rings. The number of carbonyl (C=O) groups is 3. The van der Waals surface area contributed by atoms with Crippen molar-refractivity contribution >= 4 is 23.5 Å². The summed E-state index contributed by atoms with van der Waals surface area (Å²) in [7, 11) is 0. The van der Waals surface area contributed by atoms with Crippen molar-refractivity contribution in [3.8, 4) is 5.75 Å². The quantitative estimate of drug-likeness (QED) is 0.699. The molecule has 1 aromatic heterocycles. The number of piperidine rings is 1. The number of hydrogen-bond donors (Lipinski definition) is 1. The van der Waals surface area contributed by atoms with Crippen molar-refractivity contribution in [2.24, 2.45) is 5.92 Å². The topological polar surface area (TPSA) is 98.1 Å². The minimum Gasteiger partial charge on any atom is -0.492 e. The average molecular weight is 414 g/mol. The number of likely N-dealkylation sites (tertiary alicyclic amines) is 1. The highest BCUT2D eigenvalue weighted by Gasteiger charge is 2.31. The van der Waals surface area contributed by atoms with Gasteiger partial charge in [-0.3, -0.25) is 14.4 Å². The maximum Gasteiger partial charge on any atom is 0.309 e. The van der Waals surface area contributed by atoms with E-state index < -0.39 is 18.0 Å². The van der Waals surface area contributed by atoms with Crippen LogP contribution in [0.4, 0.5) is 5.69 Å². The number of carbonyl (C=O) groups excluding carboxylic acids is 3. The van der Waals surface area contributed by atoms with Gasteiger partial charge in [0.1, 0.15) is 5.75 Å². The molecule has 1 aromatic carbocycles. The smallest absolute Gasteiger partial charge is 0.309 e. The van der Waals surface area contributed by atoms with Gasteiger partial charge < -0.3 is 24.1 Å². The first-order valence-electron chi connectivity index (χ1n) is 10.1. The third-order valence-electron chi connectivity index (χ3n) is 4.95. The van der Waals surface area contributed by atoms with E-state index in [0.717, 1.165) is 0 Å². The number of para-hydroxylation sites is 2. The van der Waals surface area contributed by atoms with Crippen LogP contribution in [0.2, 0.25) is 0 Å². The van der Waals surface area contributed by atoms with E-state index in [1.807, 2.05) is 13.0 Å². The monoisotopic (exact) mass is 414 g/mol. The molecule has 1 N–H and O–H groups in total. The van der Waals surface area contributed by atoms with Gasteiger partial charge in [0, 0.05) is 13.1 Å². The van der Waals surface area contributed by atoms with Gasteiger partial charge in [-0.05, 0) is 51.0 Å². The van der Waals surface area contributed by atoms with Gasteiger partial charge in [0.05, 0.1) is 24.5 Å². The Morgan fingerprint density at radius 3 is 2.57 bits per heavy atom. The van der Waals surface area contributed by atoms with Crippen molar-refractivity contribution in [1.82, 2.24) is 4.90 Å². The summed E-state index contributed by atoms with van der Waals surface area (Å²) in [5.74, 6) is -0.556. The molecule has 160 valence electrons. The fraction of sp³-hybridized carbons (Fsp3) is 0.409. The average Bonchev–Trinajstić information content (AvgIpc) is 3.29. The molecule has 3 rings (SSSR count). The molecule has 1 unspecified atom stereocenters. The molecule has 2 amide bonds. The summed E-state index contributed by atoms with van der Waals surface area (Å²) < 4.78 is 16.0. The lowest BCUT2D eigenvalue weighted by atomic mass is 9.97. The van der Waals surface area contributed by atoms with Gasteiger partial charge in [-0.1, -0.05) is 12.1 Å². The zero-order valence-electron chi connectivity index (χ0n) is 17.1. The molecule has 0 bridgehead atoms. The van der Waals surface area contributed by atoms with Gasteiger partial charge in [0.2, 0.25) is 0 Å². The van der Waals surface area contributed by atoms with Gasteiger partial charge in [-0.25, -0.2) is 0 Å². The summed E-state index contributed by atoms with van der Waals surface area (Å²) in [6.45, 7) is 4.73. The standard InChI is InChI=1S/C22H26N2O6/c1-3-28-18-8-5-4-7-17(18)23-20(25)15(2)30-22(27)16-10-12-24(13-11-16)21(26)19-9-6-14-29-19/h4-9,14-16H,3,10-13H2,1-2H3,(H,23,25). The Kier molecular flexibility index (Phi) is 7.11. The molecule has 1 fully saturated rings. The van der Waals surface area contributed by atoms with E-state index >= 15 is 0 Å². The van der Waals surface area contributed by atoms with E-state index in [1.54, 1.807) is 35.2 Å². The number of anilines is 1. The molecule has 8 heteroatoms. The minimum absolute atomic E-state index is 0.187. The van der Waals surface area contributed by atoms with Crippen LogP contribution in [-0.2, 0) is 14.3 Å². The summed E-state index contributed by atoms with van der Waals surface area (Å²) >= 11 is 0. The molecule has 1 atom stereocenters. The molecule has 8 nitrogen and oxygen atoms in total. The number of nitrogens with one attached hydrogen (secondary N) is 1. The number of nitrogens with zero attached hydrogens (tertiary/aromatic N) is 1. The SMILES string of the molecule is CCOc1ccccc1NC(=O)C(C)OC(=O)C1CCN(C(=O)c2ccco2)CC1. The normalized spacial score (nSPS) is 15.3. The Hall–Kier alpha value is -3.29. The molecule has 30 heavy (non-hydrogen) atoms. The molecule has 2 aromatic rings. The van der Waals surface area contributed by atoms with Crippen LogP contribution >= 0.6 is 0 Å². The van der Waals surface area contributed by atoms with Crippen LogP contribution in [0.3, 0.4) is 0 Å². The van der Waals surface area contributed by atoms with Crippen LogP contribution in [0.15, 0.2) is 47.1 Å². The molecular formula is C22H26N2O6. The Labute approximate surface area is 175 Å². The van der Waals surface area contributed by atoms with Crippen LogP contribution in [0.1, 0.15) is 37.2 Å². The zero-order chi connectivity index (χ0) is 21.5. The zero-order valence-corrected chi connectivity index (χ0v) is 17.1. The summed E-state index contributed by atoms with van der Waals surface area (Å²) in [6.07, 6.45) is 1.46. The first-order valence-corrected chi connectivity index (χ1v) is 10.1. The highest BCUT2D eigenvalue weighted by molar-refractivity contribution is 5.96. The predicted molar refractivity (Wildman–Crippen MR) is 109 cm³/mol. The van der Waals surface area contributed by atoms with Crippen molar-refractivity contribution in [3.05, 3.63) is 48.4 Å². The van der Waals surface area contributed by atoms with Crippen molar-refractivity contribution in [2.75, 3.05) is 25.0 Å². The highest BCUT2D eigenvalue weighted by Crippen LogP contribution is 2.25. The summed E-state index contributed by atoms with van der Waals surface area (Å²) in [4.78, 5) is 38.9. The number of benzene rings is 1. The molecule has 1 aliphatic heterocycles. The van der Waals surface area contributed by atoms with Gasteiger partial charge in [0.25, 0.3) is 11.8 Å². The van der Waals surface area contributed by atoms with E-state index in [4.69, 9.17) is 13.9 Å². The second-order valence-electron chi connectivity index (χ2n) is 7.04. The predicted octanol–water partition coefficient (Wildman–Crippen LogP) is 3.10. The summed E-state index contributed by atoms with van der Waals surface area (Å²) in [5, 5.41) is 2.74. The lowest BCUT2D eigenvalue weighted by Crippen LogP contribution is -2.41. The second kappa shape index (κ2) is 9.96. The van der Waals surface area contributed by atoms with E-state index in [9.17, 15) is 14.4 Å². The number of hydrogen-bond acceptors (Lipinski definition) is 6. The molecular weight excluding hydrogens is 388 g/mol. The van der Waals surface area contributed by atoms with Crippen LogP contribution < -0.4 is 10.1 Å². The molecule has 2 heterocycles. The van der Waals surface area contributed by atoms with Crippen molar-refractivity contribution < 1.29 is 28.3 Å². The van der Waals surface area contributed by atoms with Gasteiger partial charge in [-0.2, -0.15) is 0 Å². The van der Waals surface area contributed by atoms with Crippen LogP contribution in [0.25, 0.3) is 0 Å². The van der Waals surface area contributed by atoms with Crippen molar-refractivity contribution in [1.29, 1.82) is 0 Å². The molecule has 0 aliphatic carbocycles. The van der Waals surface area contributed by atoms with Gasteiger partial charge in [0.15, 0.2) is 11.9 Å². The van der Waals surface area contributed by atoms with Crippen molar-refractivity contribution in [2.45, 2.75) is 32.8 Å². The first kappa shape index (κ1) is 21.4. The number of furan rings is 1. The van der Waals surface area contributed by atoms with Gasteiger partial charge in [-0.15, -0.1) is 0 Å². The van der Waals surface area contributed by atoms with E-state index in [2.05, 4.69) is 5.32 Å². The lowest BCUT2D eigenvalue weighted by Gasteiger charge is -2.30. The first-order chi connectivity index (χ1) is 14.5. The Morgan fingerprint density at radius 1 is 1.17 bits per heavy atom. The molecule has 0 spiro atoms. The maximum absolute atomic E-state index is 12.5. The van der Waals surface area contributed by atoms with Crippen LogP contribution in [-0.4, -0.2) is 48.5 Å². The number of amides is 2. The van der Waals surface area contributed by atoms with Crippen LogP contribution in [0, 0.1) is 5.92 Å². The second-order valence-corrected chi connectivity index (χ2v) is 7.04. The largest absolute Gasteiger partial charge is 0.492 e. The molecule has 0 saturated carbocycles. The Morgan fingerprint density at radius 2 is 1.90 bits per heavy atom. The summed E-state index contributed by atoms with van der Waals surface area (Å²) in [6, 6.07) is 10.4. The fourth-order valence-corrected chi connectivity index (χ4v) is 3.28. The minimum atomic E-state index is -0.949. The lowest BCUT2D eigenvalue weighted by molar-refractivity contribution is -0.158. The third-order valence-corrected chi connectivity index (χ3v) is 4.95. The van der Waals surface area contributed by atoms with Crippen LogP contribution in [0.5, 0.6) is 5.75 Å². The Balaban J connectivity index is 1.49.